The molecule has 1 unspecified atom stereocenters. The minimum absolute atomic E-state index is 0.157. The molecule has 1 aliphatic rings. The van der Waals surface area contributed by atoms with Crippen molar-refractivity contribution in [2.45, 2.75) is 26.2 Å². The first-order valence-corrected chi connectivity index (χ1v) is 3.34. The first-order chi connectivity index (χ1) is 4.29. The fraction of sp³-hybridized carbons (Fsp3) is 0.714. The van der Waals surface area contributed by atoms with Crippen LogP contribution in [-0.4, -0.2) is 18.9 Å². The molecule has 2 nitrogen and oxygen atoms in total. The summed E-state index contributed by atoms with van der Waals surface area (Å²) in [4.78, 5) is 0. The Bertz CT molecular complexity index is 109. The molecule has 0 spiro atoms. The lowest BCUT2D eigenvalue weighted by Crippen LogP contribution is -2.27. The van der Waals surface area contributed by atoms with Gasteiger partial charge >= 0.3 is 0 Å². The van der Waals surface area contributed by atoms with Gasteiger partial charge in [0.2, 0.25) is 0 Å². The van der Waals surface area contributed by atoms with Gasteiger partial charge in [0.25, 0.3) is 0 Å². The highest BCUT2D eigenvalue weighted by Gasteiger charge is 2.08. The van der Waals surface area contributed by atoms with E-state index in [-0.39, 0.29) is 6.23 Å². The zero-order valence-electron chi connectivity index (χ0n) is 5.92. The van der Waals surface area contributed by atoms with E-state index in [2.05, 4.69) is 11.4 Å². The van der Waals surface area contributed by atoms with Gasteiger partial charge in [-0.05, 0) is 19.9 Å². The van der Waals surface area contributed by atoms with E-state index >= 15 is 0 Å². The summed E-state index contributed by atoms with van der Waals surface area (Å²) in [6, 6.07) is 0. The Kier molecular flexibility index (Phi) is 2.25. The average Bonchev–Trinajstić information content (AvgIpc) is 2.15. The number of rotatable bonds is 2. The lowest BCUT2D eigenvalue weighted by Gasteiger charge is -2.13. The van der Waals surface area contributed by atoms with E-state index in [1.165, 1.54) is 0 Å². The summed E-state index contributed by atoms with van der Waals surface area (Å²) in [5, 5.41) is 3.15. The standard InChI is InChI=1S/C7H13NO/c1-6(2)9-7-4-3-5-8-7/h3-4,6-8H,5H2,1-2H3. The second-order valence-corrected chi connectivity index (χ2v) is 2.44. The molecule has 0 aromatic carbocycles. The van der Waals surface area contributed by atoms with Crippen molar-refractivity contribution in [3.63, 3.8) is 0 Å². The Morgan fingerprint density at radius 3 is 2.89 bits per heavy atom. The molecule has 0 saturated carbocycles. The van der Waals surface area contributed by atoms with Crippen LogP contribution in [0.15, 0.2) is 12.2 Å². The van der Waals surface area contributed by atoms with Crippen LogP contribution in [0.25, 0.3) is 0 Å². The highest BCUT2D eigenvalue weighted by Crippen LogP contribution is 2.00. The Balaban J connectivity index is 2.20. The summed E-state index contributed by atoms with van der Waals surface area (Å²) in [6.07, 6.45) is 4.59. The molecule has 52 valence electrons. The molecule has 0 radical (unpaired) electrons. The molecule has 0 aromatic rings. The number of hydrogen-bond acceptors (Lipinski definition) is 2. The van der Waals surface area contributed by atoms with Crippen molar-refractivity contribution in [2.24, 2.45) is 0 Å². The van der Waals surface area contributed by atoms with Gasteiger partial charge in [-0.3, -0.25) is 5.32 Å². The minimum atomic E-state index is 0.157. The van der Waals surface area contributed by atoms with Gasteiger partial charge in [-0.15, -0.1) is 0 Å². The predicted octanol–water partition coefficient (Wildman–Crippen LogP) is 0.897. The van der Waals surface area contributed by atoms with Crippen LogP contribution in [0.3, 0.4) is 0 Å². The van der Waals surface area contributed by atoms with Gasteiger partial charge in [0, 0.05) is 6.54 Å². The first kappa shape index (κ1) is 6.78. The van der Waals surface area contributed by atoms with Crippen LogP contribution >= 0.6 is 0 Å². The van der Waals surface area contributed by atoms with Crippen LogP contribution in [0.5, 0.6) is 0 Å². The van der Waals surface area contributed by atoms with Gasteiger partial charge in [0.05, 0.1) is 6.10 Å². The Labute approximate surface area is 55.9 Å². The Morgan fingerprint density at radius 2 is 2.44 bits per heavy atom. The van der Waals surface area contributed by atoms with Crippen LogP contribution in [0.4, 0.5) is 0 Å². The maximum Gasteiger partial charge on any atom is 0.127 e. The summed E-state index contributed by atoms with van der Waals surface area (Å²) in [5.74, 6) is 0. The summed E-state index contributed by atoms with van der Waals surface area (Å²) >= 11 is 0. The van der Waals surface area contributed by atoms with Crippen molar-refractivity contribution < 1.29 is 4.74 Å². The molecule has 1 aliphatic heterocycles. The van der Waals surface area contributed by atoms with E-state index in [4.69, 9.17) is 4.74 Å². The largest absolute Gasteiger partial charge is 0.357 e. The molecule has 1 N–H and O–H groups in total. The predicted molar refractivity (Wildman–Crippen MR) is 37.2 cm³/mol. The summed E-state index contributed by atoms with van der Waals surface area (Å²) in [5.41, 5.74) is 0. The van der Waals surface area contributed by atoms with Gasteiger partial charge in [-0.1, -0.05) is 6.08 Å². The van der Waals surface area contributed by atoms with Crippen molar-refractivity contribution in [1.29, 1.82) is 0 Å². The van der Waals surface area contributed by atoms with Gasteiger partial charge < -0.3 is 4.74 Å². The molecule has 1 heterocycles. The van der Waals surface area contributed by atoms with Crippen molar-refractivity contribution in [1.82, 2.24) is 5.32 Å². The SMILES string of the molecule is CC(C)OC1C=CCN1. The Hall–Kier alpha value is -0.340. The fourth-order valence-corrected chi connectivity index (χ4v) is 0.831. The normalized spacial score (nSPS) is 25.9. The maximum absolute atomic E-state index is 5.41. The lowest BCUT2D eigenvalue weighted by atomic mass is 10.4. The highest BCUT2D eigenvalue weighted by molar-refractivity contribution is 4.97. The molecule has 0 saturated heterocycles. The number of hydrogen-bond donors (Lipinski definition) is 1. The van der Waals surface area contributed by atoms with Crippen LogP contribution in [0.2, 0.25) is 0 Å². The van der Waals surface area contributed by atoms with E-state index < -0.39 is 0 Å². The number of ether oxygens (including phenoxy) is 1. The van der Waals surface area contributed by atoms with E-state index in [1.54, 1.807) is 0 Å². The van der Waals surface area contributed by atoms with Crippen molar-refractivity contribution in [2.75, 3.05) is 6.54 Å². The molecule has 0 bridgehead atoms. The smallest absolute Gasteiger partial charge is 0.127 e. The molecule has 1 rings (SSSR count). The summed E-state index contributed by atoms with van der Waals surface area (Å²) in [6.45, 7) is 5.01. The van der Waals surface area contributed by atoms with Crippen molar-refractivity contribution in [3.8, 4) is 0 Å². The summed E-state index contributed by atoms with van der Waals surface area (Å²) < 4.78 is 5.41. The summed E-state index contributed by atoms with van der Waals surface area (Å²) in [7, 11) is 0. The van der Waals surface area contributed by atoms with Gasteiger partial charge in [-0.25, -0.2) is 0 Å². The molecule has 2 heteroatoms. The quantitative estimate of drug-likeness (QED) is 0.556. The van der Waals surface area contributed by atoms with Crippen LogP contribution < -0.4 is 5.32 Å². The third-order valence-electron chi connectivity index (χ3n) is 1.17. The van der Waals surface area contributed by atoms with E-state index in [0.29, 0.717) is 6.10 Å². The van der Waals surface area contributed by atoms with Crippen LogP contribution in [0, 0.1) is 0 Å². The highest BCUT2D eigenvalue weighted by atomic mass is 16.5. The minimum Gasteiger partial charge on any atom is -0.357 e. The third kappa shape index (κ3) is 2.16. The molecule has 0 amide bonds. The zero-order valence-corrected chi connectivity index (χ0v) is 5.92. The van der Waals surface area contributed by atoms with Crippen LogP contribution in [0.1, 0.15) is 13.8 Å². The van der Waals surface area contributed by atoms with Crippen molar-refractivity contribution >= 4 is 0 Å². The number of nitrogens with one attached hydrogen (secondary N) is 1. The first-order valence-electron chi connectivity index (χ1n) is 3.34. The second-order valence-electron chi connectivity index (χ2n) is 2.44. The zero-order chi connectivity index (χ0) is 6.69. The average molecular weight is 127 g/mol. The molecule has 1 atom stereocenters. The van der Waals surface area contributed by atoms with Crippen LogP contribution in [-0.2, 0) is 4.74 Å². The molecule has 0 aromatic heterocycles. The van der Waals surface area contributed by atoms with E-state index in [1.807, 2.05) is 19.9 Å². The van der Waals surface area contributed by atoms with Gasteiger partial charge in [-0.2, -0.15) is 0 Å². The third-order valence-corrected chi connectivity index (χ3v) is 1.17. The van der Waals surface area contributed by atoms with Crippen molar-refractivity contribution in [3.05, 3.63) is 12.2 Å². The Morgan fingerprint density at radius 1 is 1.67 bits per heavy atom. The molecular formula is C7H13NO. The topological polar surface area (TPSA) is 21.3 Å². The lowest BCUT2D eigenvalue weighted by molar-refractivity contribution is 0.0233. The molecule has 0 fully saturated rings. The molecule has 9 heavy (non-hydrogen) atoms. The maximum atomic E-state index is 5.41. The van der Waals surface area contributed by atoms with E-state index in [0.717, 1.165) is 6.54 Å². The van der Waals surface area contributed by atoms with Gasteiger partial charge in [0.1, 0.15) is 6.23 Å². The molecular weight excluding hydrogens is 114 g/mol. The van der Waals surface area contributed by atoms with E-state index in [9.17, 15) is 0 Å². The monoisotopic (exact) mass is 127 g/mol. The molecule has 0 aliphatic carbocycles. The van der Waals surface area contributed by atoms with Gasteiger partial charge in [0.15, 0.2) is 0 Å². The fourth-order valence-electron chi connectivity index (χ4n) is 0.831. The second kappa shape index (κ2) is 2.99.